The van der Waals surface area contributed by atoms with Crippen LogP contribution in [0.5, 0.6) is 5.75 Å². The lowest BCUT2D eigenvalue weighted by Gasteiger charge is -2.11. The van der Waals surface area contributed by atoms with Gasteiger partial charge < -0.3 is 14.9 Å². The van der Waals surface area contributed by atoms with Crippen molar-refractivity contribution in [3.05, 3.63) is 74.2 Å². The van der Waals surface area contributed by atoms with Crippen LogP contribution < -0.4 is 10.1 Å². The Hall–Kier alpha value is -2.81. The molecule has 7 nitrogen and oxygen atoms in total. The smallest absolute Gasteiger partial charge is 0.268 e. The molecular weight excluding hydrogens is 494 g/mol. The van der Waals surface area contributed by atoms with Gasteiger partial charge in [0, 0.05) is 11.4 Å². The highest BCUT2D eigenvalue weighted by molar-refractivity contribution is 6.35. The average molecular weight is 512 g/mol. The molecule has 1 aromatic heterocycles. The standard InChI is InChI=1S/C22H18Cl3FN4O3/c1-11-21(12(2)30(28-11)10-32-18-7-6-13(23)8-15(18)25)27-22(31)19-9-17(29-33-19)20-14(24)4-3-5-16(20)26/h3-8,19H,9-10H2,1-2H3,(H,27,31). The van der Waals surface area contributed by atoms with Crippen molar-refractivity contribution in [3.8, 4) is 5.75 Å². The number of halogens is 4. The van der Waals surface area contributed by atoms with Gasteiger partial charge >= 0.3 is 0 Å². The van der Waals surface area contributed by atoms with E-state index >= 15 is 0 Å². The average Bonchev–Trinajstić information content (AvgIpc) is 3.34. The molecule has 0 saturated carbocycles. The first kappa shape index (κ1) is 23.4. The normalized spacial score (nSPS) is 15.2. The molecule has 172 valence electrons. The molecular formula is C22H18Cl3FN4O3. The molecule has 1 N–H and O–H groups in total. The predicted octanol–water partition coefficient (Wildman–Crippen LogP) is 5.77. The minimum atomic E-state index is -0.929. The summed E-state index contributed by atoms with van der Waals surface area (Å²) in [7, 11) is 0. The van der Waals surface area contributed by atoms with E-state index in [9.17, 15) is 9.18 Å². The molecule has 3 aromatic rings. The molecule has 0 saturated heterocycles. The van der Waals surface area contributed by atoms with Crippen LogP contribution in [0, 0.1) is 19.7 Å². The van der Waals surface area contributed by atoms with Gasteiger partial charge in [0.2, 0.25) is 6.10 Å². The first-order valence-electron chi connectivity index (χ1n) is 9.84. The number of amides is 1. The van der Waals surface area contributed by atoms with Crippen molar-refractivity contribution in [1.29, 1.82) is 0 Å². The fraction of sp³-hybridized carbons (Fsp3) is 0.227. The summed E-state index contributed by atoms with van der Waals surface area (Å²) in [5, 5.41) is 12.2. The SMILES string of the molecule is Cc1nn(COc2ccc(Cl)cc2Cl)c(C)c1NC(=O)C1CC(c2c(F)cccc2Cl)=NO1. The molecule has 2 heterocycles. The molecule has 33 heavy (non-hydrogen) atoms. The van der Waals surface area contributed by atoms with E-state index in [-0.39, 0.29) is 29.4 Å². The van der Waals surface area contributed by atoms with E-state index in [2.05, 4.69) is 15.6 Å². The molecule has 4 rings (SSSR count). The highest BCUT2D eigenvalue weighted by Crippen LogP contribution is 2.29. The zero-order valence-electron chi connectivity index (χ0n) is 17.5. The maximum absolute atomic E-state index is 14.2. The van der Waals surface area contributed by atoms with Gasteiger partial charge in [0.1, 0.15) is 11.6 Å². The number of nitrogens with one attached hydrogen (secondary N) is 1. The Kier molecular flexibility index (Phi) is 6.78. The number of hydrogen-bond acceptors (Lipinski definition) is 5. The van der Waals surface area contributed by atoms with Gasteiger partial charge in [0.15, 0.2) is 6.73 Å². The summed E-state index contributed by atoms with van der Waals surface area (Å²) in [6.45, 7) is 3.62. The van der Waals surface area contributed by atoms with Crippen molar-refractivity contribution in [3.63, 3.8) is 0 Å². The third-order valence-electron chi connectivity index (χ3n) is 5.08. The maximum atomic E-state index is 14.2. The number of carbonyl (C=O) groups excluding carboxylic acids is 1. The van der Waals surface area contributed by atoms with Gasteiger partial charge in [0.05, 0.1) is 38.4 Å². The second-order valence-electron chi connectivity index (χ2n) is 7.32. The fourth-order valence-corrected chi connectivity index (χ4v) is 4.10. The van der Waals surface area contributed by atoms with Crippen LogP contribution in [0.4, 0.5) is 10.1 Å². The highest BCUT2D eigenvalue weighted by Gasteiger charge is 2.32. The van der Waals surface area contributed by atoms with Gasteiger partial charge in [-0.25, -0.2) is 9.07 Å². The number of carbonyl (C=O) groups is 1. The van der Waals surface area contributed by atoms with E-state index in [1.165, 1.54) is 12.1 Å². The summed E-state index contributed by atoms with van der Waals surface area (Å²) in [6, 6.07) is 9.24. The van der Waals surface area contributed by atoms with Crippen LogP contribution in [0.2, 0.25) is 15.1 Å². The Labute approximate surface area is 204 Å². The predicted molar refractivity (Wildman–Crippen MR) is 125 cm³/mol. The lowest BCUT2D eigenvalue weighted by molar-refractivity contribution is -0.125. The van der Waals surface area contributed by atoms with E-state index in [0.29, 0.717) is 32.9 Å². The number of aromatic nitrogens is 2. The minimum Gasteiger partial charge on any atom is -0.470 e. The summed E-state index contributed by atoms with van der Waals surface area (Å²) in [4.78, 5) is 18.0. The number of aryl methyl sites for hydroxylation is 1. The molecule has 1 atom stereocenters. The lowest BCUT2D eigenvalue weighted by Crippen LogP contribution is -2.28. The van der Waals surface area contributed by atoms with Gasteiger partial charge in [0.25, 0.3) is 5.91 Å². The Morgan fingerprint density at radius 1 is 1.24 bits per heavy atom. The maximum Gasteiger partial charge on any atom is 0.268 e. The quantitative estimate of drug-likeness (QED) is 0.456. The number of rotatable bonds is 6. The van der Waals surface area contributed by atoms with E-state index in [4.69, 9.17) is 44.4 Å². The van der Waals surface area contributed by atoms with Crippen molar-refractivity contribution >= 4 is 52.1 Å². The monoisotopic (exact) mass is 510 g/mol. The number of ether oxygens (including phenoxy) is 1. The Balaban J connectivity index is 1.42. The van der Waals surface area contributed by atoms with Crippen molar-refractivity contribution in [2.75, 3.05) is 5.32 Å². The molecule has 2 aromatic carbocycles. The minimum absolute atomic E-state index is 0.0723. The van der Waals surface area contributed by atoms with Crippen LogP contribution in [-0.4, -0.2) is 27.5 Å². The van der Waals surface area contributed by atoms with Crippen LogP contribution in [0.25, 0.3) is 0 Å². The van der Waals surface area contributed by atoms with Crippen LogP contribution in [-0.2, 0) is 16.4 Å². The topological polar surface area (TPSA) is 77.7 Å². The summed E-state index contributed by atoms with van der Waals surface area (Å²) < 4.78 is 21.5. The van der Waals surface area contributed by atoms with Gasteiger partial charge in [-0.1, -0.05) is 46.0 Å². The molecule has 1 amide bonds. The molecule has 0 aliphatic carbocycles. The molecule has 0 spiro atoms. The Bertz CT molecular complexity index is 1240. The zero-order chi connectivity index (χ0) is 23.7. The summed E-state index contributed by atoms with van der Waals surface area (Å²) in [6.07, 6.45) is -0.848. The third kappa shape index (κ3) is 4.93. The Morgan fingerprint density at radius 2 is 2.03 bits per heavy atom. The van der Waals surface area contributed by atoms with Gasteiger partial charge in [-0.3, -0.25) is 4.79 Å². The van der Waals surface area contributed by atoms with Crippen molar-refractivity contribution in [2.45, 2.75) is 33.1 Å². The second-order valence-corrected chi connectivity index (χ2v) is 8.57. The van der Waals surface area contributed by atoms with Crippen molar-refractivity contribution in [1.82, 2.24) is 9.78 Å². The van der Waals surface area contributed by atoms with E-state index in [0.717, 1.165) is 0 Å². The molecule has 1 aliphatic rings. The number of hydrogen-bond donors (Lipinski definition) is 1. The van der Waals surface area contributed by atoms with Gasteiger partial charge in [-0.05, 0) is 44.2 Å². The largest absolute Gasteiger partial charge is 0.470 e. The molecule has 0 fully saturated rings. The van der Waals surface area contributed by atoms with Crippen LogP contribution in [0.1, 0.15) is 23.4 Å². The van der Waals surface area contributed by atoms with Crippen molar-refractivity contribution in [2.24, 2.45) is 5.16 Å². The summed E-state index contributed by atoms with van der Waals surface area (Å²) in [5.41, 5.74) is 2.18. The molecule has 0 radical (unpaired) electrons. The zero-order valence-corrected chi connectivity index (χ0v) is 19.8. The molecule has 1 unspecified atom stereocenters. The van der Waals surface area contributed by atoms with E-state index in [1.807, 2.05) is 0 Å². The highest BCUT2D eigenvalue weighted by atomic mass is 35.5. The van der Waals surface area contributed by atoms with E-state index in [1.54, 1.807) is 42.8 Å². The van der Waals surface area contributed by atoms with Crippen molar-refractivity contribution < 1.29 is 18.8 Å². The number of benzene rings is 2. The third-order valence-corrected chi connectivity index (χ3v) is 5.92. The van der Waals surface area contributed by atoms with E-state index < -0.39 is 17.8 Å². The van der Waals surface area contributed by atoms with Gasteiger partial charge in [-0.15, -0.1) is 0 Å². The Morgan fingerprint density at radius 3 is 2.76 bits per heavy atom. The second kappa shape index (κ2) is 9.59. The summed E-state index contributed by atoms with van der Waals surface area (Å²) in [5.74, 6) is -0.511. The van der Waals surface area contributed by atoms with Crippen LogP contribution in [0.3, 0.4) is 0 Å². The number of anilines is 1. The molecule has 1 aliphatic heterocycles. The lowest BCUT2D eigenvalue weighted by atomic mass is 10.0. The first-order chi connectivity index (χ1) is 15.7. The van der Waals surface area contributed by atoms with Gasteiger partial charge in [-0.2, -0.15) is 5.10 Å². The number of nitrogens with zero attached hydrogens (tertiary/aromatic N) is 3. The fourth-order valence-electron chi connectivity index (χ4n) is 3.37. The van der Waals surface area contributed by atoms with Crippen LogP contribution in [0.15, 0.2) is 41.6 Å². The van der Waals surface area contributed by atoms with Crippen LogP contribution >= 0.6 is 34.8 Å². The summed E-state index contributed by atoms with van der Waals surface area (Å²) >= 11 is 18.1. The molecule has 0 bridgehead atoms. The first-order valence-corrected chi connectivity index (χ1v) is 11.0. The number of oxime groups is 1. The molecule has 11 heteroatoms.